The van der Waals surface area contributed by atoms with Crippen LogP contribution in [0.2, 0.25) is 0 Å². The highest BCUT2D eigenvalue weighted by molar-refractivity contribution is 7.27. The van der Waals surface area contributed by atoms with Crippen molar-refractivity contribution in [2.45, 2.75) is 0 Å². The summed E-state index contributed by atoms with van der Waals surface area (Å²) in [5.74, 6) is 0.705. The Kier molecular flexibility index (Phi) is 3.42. The summed E-state index contributed by atoms with van der Waals surface area (Å²) in [6.07, 6.45) is 3.67. The molecule has 0 amide bonds. The molecule has 0 radical (unpaired) electrons. The summed E-state index contributed by atoms with van der Waals surface area (Å²) in [4.78, 5) is 9.48. The number of benzene rings is 5. The van der Waals surface area contributed by atoms with Gasteiger partial charge in [0.25, 0.3) is 0 Å². The summed E-state index contributed by atoms with van der Waals surface area (Å²) in [6, 6.07) is 32.9. The van der Waals surface area contributed by atoms with Crippen LogP contribution in [0.1, 0.15) is 0 Å². The van der Waals surface area contributed by atoms with Crippen molar-refractivity contribution in [2.24, 2.45) is 0 Å². The van der Waals surface area contributed by atoms with Crippen LogP contribution < -0.4 is 0 Å². The zero-order valence-corrected chi connectivity index (χ0v) is 19.9. The molecule has 0 fully saturated rings. The van der Waals surface area contributed by atoms with Gasteiger partial charge in [-0.3, -0.25) is 4.57 Å². The van der Waals surface area contributed by atoms with Gasteiger partial charge in [0.15, 0.2) is 0 Å². The van der Waals surface area contributed by atoms with Gasteiger partial charge in [0.2, 0.25) is 5.95 Å². The van der Waals surface area contributed by atoms with Crippen LogP contribution in [0, 0.1) is 0 Å². The molecule has 3 heterocycles. The minimum Gasteiger partial charge on any atom is -0.277 e. The minimum absolute atomic E-state index is 0.705. The normalized spacial score (nSPS) is 12.4. The van der Waals surface area contributed by atoms with Gasteiger partial charge >= 0.3 is 0 Å². The van der Waals surface area contributed by atoms with Crippen LogP contribution in [-0.4, -0.2) is 14.5 Å². The van der Waals surface area contributed by atoms with Crippen molar-refractivity contribution in [3.63, 3.8) is 0 Å². The van der Waals surface area contributed by atoms with Crippen molar-refractivity contribution in [3.8, 4) is 28.2 Å². The first-order valence-electron chi connectivity index (χ1n) is 12.1. The van der Waals surface area contributed by atoms with Crippen molar-refractivity contribution in [2.75, 3.05) is 0 Å². The monoisotopic (exact) mass is 475 g/mol. The van der Waals surface area contributed by atoms with Gasteiger partial charge in [-0.05, 0) is 40.5 Å². The predicted octanol–water partition coefficient (Wildman–Crippen LogP) is 8.74. The number of fused-ring (bicyclic) bond motifs is 8. The molecule has 1 aliphatic carbocycles. The number of thiophene rings is 1. The Labute approximate surface area is 209 Å². The van der Waals surface area contributed by atoms with E-state index < -0.39 is 0 Å². The van der Waals surface area contributed by atoms with Crippen LogP contribution in [0.5, 0.6) is 0 Å². The quantitative estimate of drug-likeness (QED) is 0.238. The van der Waals surface area contributed by atoms with Gasteiger partial charge < -0.3 is 0 Å². The molecule has 166 valence electrons. The zero-order valence-electron chi connectivity index (χ0n) is 19.1. The molecule has 3 aromatic heterocycles. The van der Waals surface area contributed by atoms with E-state index in [0.29, 0.717) is 5.95 Å². The van der Waals surface area contributed by atoms with Crippen LogP contribution in [-0.2, 0) is 0 Å². The van der Waals surface area contributed by atoms with E-state index in [1.165, 1.54) is 69.5 Å². The van der Waals surface area contributed by atoms with E-state index in [1.807, 2.05) is 29.8 Å². The van der Waals surface area contributed by atoms with E-state index in [2.05, 4.69) is 89.5 Å². The fourth-order valence-electron chi connectivity index (χ4n) is 6.32. The number of nitrogens with zero attached hydrogens (tertiary/aromatic N) is 3. The summed E-state index contributed by atoms with van der Waals surface area (Å²) >= 11 is 1.88. The van der Waals surface area contributed by atoms with E-state index in [0.717, 1.165) is 5.52 Å². The van der Waals surface area contributed by atoms with Crippen molar-refractivity contribution < 1.29 is 0 Å². The third kappa shape index (κ3) is 2.15. The van der Waals surface area contributed by atoms with Crippen LogP contribution in [0.15, 0.2) is 103 Å². The maximum absolute atomic E-state index is 4.74. The average molecular weight is 476 g/mol. The van der Waals surface area contributed by atoms with Gasteiger partial charge in [0.1, 0.15) is 0 Å². The average Bonchev–Trinajstić information content (AvgIpc) is 3.46. The molecule has 0 saturated carbocycles. The first kappa shape index (κ1) is 18.7. The van der Waals surface area contributed by atoms with E-state index in [-0.39, 0.29) is 0 Å². The lowest BCUT2D eigenvalue weighted by molar-refractivity contribution is 0.991. The molecule has 0 saturated heterocycles. The molecule has 36 heavy (non-hydrogen) atoms. The zero-order chi connectivity index (χ0) is 23.4. The summed E-state index contributed by atoms with van der Waals surface area (Å²) in [5.41, 5.74) is 7.45. The van der Waals surface area contributed by atoms with Gasteiger partial charge in [0, 0.05) is 54.1 Å². The third-order valence-electron chi connectivity index (χ3n) is 7.64. The molecule has 3 nitrogen and oxygen atoms in total. The molecular formula is C32H17N3S. The molecule has 8 aromatic rings. The van der Waals surface area contributed by atoms with Gasteiger partial charge in [-0.15, -0.1) is 11.3 Å². The molecule has 0 aliphatic heterocycles. The Hall–Kier alpha value is -4.54. The SMILES string of the molecule is c1cnc(-n2c3cccc4c3c3c5c(cccc5c5sc6ccccc6c5c32)-c2ccccc2-4)nc1. The second-order valence-electron chi connectivity index (χ2n) is 9.38. The highest BCUT2D eigenvalue weighted by Gasteiger charge is 2.28. The van der Waals surface area contributed by atoms with Crippen LogP contribution in [0.3, 0.4) is 0 Å². The second-order valence-corrected chi connectivity index (χ2v) is 10.4. The molecule has 0 atom stereocenters. The summed E-state index contributed by atoms with van der Waals surface area (Å²) < 4.78 is 4.91. The lowest BCUT2D eigenvalue weighted by Gasteiger charge is -2.14. The molecule has 5 aromatic carbocycles. The molecule has 0 unspecified atom stereocenters. The molecule has 0 bridgehead atoms. The van der Waals surface area contributed by atoms with Crippen molar-refractivity contribution in [1.29, 1.82) is 0 Å². The molecule has 4 heteroatoms. The smallest absolute Gasteiger partial charge is 0.234 e. The Balaban J connectivity index is 1.72. The summed E-state index contributed by atoms with van der Waals surface area (Å²) in [5, 5.41) is 7.79. The molecular weight excluding hydrogens is 458 g/mol. The van der Waals surface area contributed by atoms with E-state index in [9.17, 15) is 0 Å². The first-order valence-corrected chi connectivity index (χ1v) is 12.9. The molecule has 9 rings (SSSR count). The Morgan fingerprint density at radius 2 is 1.19 bits per heavy atom. The lowest BCUT2D eigenvalue weighted by atomic mass is 9.93. The largest absolute Gasteiger partial charge is 0.277 e. The van der Waals surface area contributed by atoms with Crippen molar-refractivity contribution >= 4 is 64.1 Å². The predicted molar refractivity (Wildman–Crippen MR) is 151 cm³/mol. The standard InChI is InChI=1S/C32H17N3S/c1-2-9-19-18(8-1)20-11-5-13-23-26(20)29-27-21(19)12-6-14-24(27)35(32-33-16-7-17-34-32)30(29)28-22-10-3-4-15-25(22)36-31(23)28/h1-17H. The van der Waals surface area contributed by atoms with Gasteiger partial charge in [-0.25, -0.2) is 9.97 Å². The Morgan fingerprint density at radius 3 is 2.03 bits per heavy atom. The van der Waals surface area contributed by atoms with E-state index in [4.69, 9.17) is 9.97 Å². The van der Waals surface area contributed by atoms with Gasteiger partial charge in [0.05, 0.1) is 11.0 Å². The van der Waals surface area contributed by atoms with Crippen LogP contribution in [0.4, 0.5) is 0 Å². The fraction of sp³-hybridized carbons (Fsp3) is 0. The second kappa shape index (κ2) is 6.56. The molecule has 0 spiro atoms. The summed E-state index contributed by atoms with van der Waals surface area (Å²) in [7, 11) is 0. The Morgan fingerprint density at radius 1 is 0.528 bits per heavy atom. The maximum atomic E-state index is 4.74. The lowest BCUT2D eigenvalue weighted by Crippen LogP contribution is -2.00. The number of hydrogen-bond acceptors (Lipinski definition) is 3. The topological polar surface area (TPSA) is 30.7 Å². The molecule has 1 aliphatic rings. The third-order valence-corrected chi connectivity index (χ3v) is 8.85. The van der Waals surface area contributed by atoms with Crippen LogP contribution >= 0.6 is 11.3 Å². The van der Waals surface area contributed by atoms with E-state index >= 15 is 0 Å². The van der Waals surface area contributed by atoms with Gasteiger partial charge in [-0.2, -0.15) is 0 Å². The highest BCUT2D eigenvalue weighted by Crippen LogP contribution is 2.53. The summed E-state index contributed by atoms with van der Waals surface area (Å²) in [6.45, 7) is 0. The number of rotatable bonds is 1. The van der Waals surface area contributed by atoms with E-state index in [1.54, 1.807) is 0 Å². The molecule has 0 N–H and O–H groups in total. The van der Waals surface area contributed by atoms with Crippen LogP contribution in [0.25, 0.3) is 81.0 Å². The van der Waals surface area contributed by atoms with Crippen molar-refractivity contribution in [3.05, 3.63) is 103 Å². The van der Waals surface area contributed by atoms with Crippen molar-refractivity contribution in [1.82, 2.24) is 14.5 Å². The number of hydrogen-bond donors (Lipinski definition) is 0. The maximum Gasteiger partial charge on any atom is 0.234 e. The minimum atomic E-state index is 0.705. The Bertz CT molecular complexity index is 2200. The highest BCUT2D eigenvalue weighted by atomic mass is 32.1. The fourth-order valence-corrected chi connectivity index (χ4v) is 7.55. The number of aromatic nitrogens is 3. The first-order chi connectivity index (χ1) is 17.9. The van der Waals surface area contributed by atoms with Gasteiger partial charge in [-0.1, -0.05) is 72.8 Å².